The number of aromatic nitrogens is 2. The average Bonchev–Trinajstić information content (AvgIpc) is 2.19. The maximum Gasteiger partial charge on any atom is 0.126 e. The molecule has 0 fully saturated rings. The quantitative estimate of drug-likeness (QED) is 0.722. The predicted octanol–water partition coefficient (Wildman–Crippen LogP) is 2.21. The summed E-state index contributed by atoms with van der Waals surface area (Å²) in [6.07, 6.45) is 5.55. The molecular formula is C11H9FN2. The van der Waals surface area contributed by atoms with Gasteiger partial charge in [-0.05, 0) is 29.8 Å². The minimum absolute atomic E-state index is 0.246. The van der Waals surface area contributed by atoms with Gasteiger partial charge in [0.05, 0.1) is 0 Å². The molecule has 0 atom stereocenters. The molecule has 0 aliphatic carbocycles. The van der Waals surface area contributed by atoms with Crippen LogP contribution in [-0.4, -0.2) is 9.97 Å². The van der Waals surface area contributed by atoms with Crippen molar-refractivity contribution in [2.45, 2.75) is 6.42 Å². The Hall–Kier alpha value is -1.77. The van der Waals surface area contributed by atoms with Crippen LogP contribution in [0.3, 0.4) is 0 Å². The second-order valence-electron chi connectivity index (χ2n) is 3.00. The summed E-state index contributed by atoms with van der Waals surface area (Å²) in [6, 6.07) is 6.58. The molecule has 3 heteroatoms. The van der Waals surface area contributed by atoms with Crippen LogP contribution in [0.5, 0.6) is 0 Å². The Labute approximate surface area is 81.5 Å². The van der Waals surface area contributed by atoms with Crippen LogP contribution in [0.4, 0.5) is 4.39 Å². The third-order valence-electron chi connectivity index (χ3n) is 1.91. The number of nitrogens with zero attached hydrogens (tertiary/aromatic N) is 2. The molecule has 0 amide bonds. The van der Waals surface area contributed by atoms with Crippen molar-refractivity contribution in [2.24, 2.45) is 0 Å². The molecular weight excluding hydrogens is 179 g/mol. The first kappa shape index (κ1) is 8.81. The molecule has 0 radical (unpaired) electrons. The molecule has 2 aromatic rings. The number of hydrogen-bond acceptors (Lipinski definition) is 2. The van der Waals surface area contributed by atoms with Crippen molar-refractivity contribution in [3.8, 4) is 0 Å². The lowest BCUT2D eigenvalue weighted by molar-refractivity contribution is 0.622. The van der Waals surface area contributed by atoms with Crippen molar-refractivity contribution in [3.05, 3.63) is 59.9 Å². The van der Waals surface area contributed by atoms with Crippen LogP contribution in [0, 0.1) is 5.82 Å². The lowest BCUT2D eigenvalue weighted by Crippen LogP contribution is -1.92. The molecule has 2 heterocycles. The first-order valence-corrected chi connectivity index (χ1v) is 4.34. The third kappa shape index (κ3) is 2.13. The summed E-state index contributed by atoms with van der Waals surface area (Å²) in [4.78, 5) is 7.98. The highest BCUT2D eigenvalue weighted by Crippen LogP contribution is 2.06. The second-order valence-corrected chi connectivity index (χ2v) is 3.00. The Kier molecular flexibility index (Phi) is 2.49. The number of pyridine rings is 2. The fourth-order valence-electron chi connectivity index (χ4n) is 1.26. The van der Waals surface area contributed by atoms with Crippen molar-refractivity contribution in [1.82, 2.24) is 9.97 Å². The van der Waals surface area contributed by atoms with Crippen molar-refractivity contribution >= 4 is 0 Å². The van der Waals surface area contributed by atoms with Gasteiger partial charge < -0.3 is 0 Å². The molecule has 2 rings (SSSR count). The first-order chi connectivity index (χ1) is 6.84. The SMILES string of the molecule is Fc1ccnc(Cc2ccncc2)c1. The minimum Gasteiger partial charge on any atom is -0.265 e. The van der Waals surface area contributed by atoms with E-state index in [1.54, 1.807) is 12.4 Å². The van der Waals surface area contributed by atoms with Crippen LogP contribution < -0.4 is 0 Å². The monoisotopic (exact) mass is 188 g/mol. The van der Waals surface area contributed by atoms with Gasteiger partial charge in [0, 0.05) is 30.7 Å². The summed E-state index contributed by atoms with van der Waals surface area (Å²) in [5.74, 6) is -0.246. The van der Waals surface area contributed by atoms with Gasteiger partial charge in [-0.25, -0.2) is 4.39 Å². The molecule has 0 N–H and O–H groups in total. The summed E-state index contributed by atoms with van der Waals surface area (Å²) in [6.45, 7) is 0. The van der Waals surface area contributed by atoms with E-state index in [-0.39, 0.29) is 5.82 Å². The van der Waals surface area contributed by atoms with Crippen LogP contribution in [-0.2, 0) is 6.42 Å². The van der Waals surface area contributed by atoms with Gasteiger partial charge in [-0.15, -0.1) is 0 Å². The Balaban J connectivity index is 2.19. The fourth-order valence-corrected chi connectivity index (χ4v) is 1.26. The van der Waals surface area contributed by atoms with E-state index in [4.69, 9.17) is 0 Å². The van der Waals surface area contributed by atoms with Gasteiger partial charge in [0.1, 0.15) is 5.82 Å². The molecule has 0 unspecified atom stereocenters. The molecule has 70 valence electrons. The molecule has 0 aliphatic rings. The molecule has 0 bridgehead atoms. The zero-order valence-corrected chi connectivity index (χ0v) is 7.52. The van der Waals surface area contributed by atoms with Gasteiger partial charge in [-0.3, -0.25) is 9.97 Å². The molecule has 0 saturated carbocycles. The average molecular weight is 188 g/mol. The van der Waals surface area contributed by atoms with E-state index in [9.17, 15) is 4.39 Å². The van der Waals surface area contributed by atoms with E-state index < -0.39 is 0 Å². The maximum atomic E-state index is 12.8. The number of rotatable bonds is 2. The van der Waals surface area contributed by atoms with Crippen LogP contribution in [0.25, 0.3) is 0 Å². The number of hydrogen-bond donors (Lipinski definition) is 0. The minimum atomic E-state index is -0.246. The zero-order chi connectivity index (χ0) is 9.80. The highest BCUT2D eigenvalue weighted by molar-refractivity contribution is 5.19. The van der Waals surface area contributed by atoms with Gasteiger partial charge in [-0.1, -0.05) is 0 Å². The van der Waals surface area contributed by atoms with Gasteiger partial charge in [-0.2, -0.15) is 0 Å². The summed E-state index contributed by atoms with van der Waals surface area (Å²) in [5.41, 5.74) is 1.81. The van der Waals surface area contributed by atoms with E-state index >= 15 is 0 Å². The molecule has 2 nitrogen and oxygen atoms in total. The second kappa shape index (κ2) is 3.96. The van der Waals surface area contributed by atoms with E-state index in [2.05, 4.69) is 9.97 Å². The van der Waals surface area contributed by atoms with Crippen LogP contribution >= 0.6 is 0 Å². The van der Waals surface area contributed by atoms with Crippen molar-refractivity contribution in [3.63, 3.8) is 0 Å². The molecule has 0 saturated heterocycles. The Morgan fingerprint density at radius 3 is 2.57 bits per heavy atom. The Bertz CT molecular complexity index is 415. The Morgan fingerprint density at radius 2 is 1.86 bits per heavy atom. The molecule has 0 aliphatic heterocycles. The van der Waals surface area contributed by atoms with Gasteiger partial charge >= 0.3 is 0 Å². The standard InChI is InChI=1S/C11H9FN2/c12-10-3-6-14-11(8-10)7-9-1-4-13-5-2-9/h1-6,8H,7H2. The van der Waals surface area contributed by atoms with Crippen LogP contribution in [0.15, 0.2) is 42.9 Å². The Morgan fingerprint density at radius 1 is 1.07 bits per heavy atom. The van der Waals surface area contributed by atoms with Crippen molar-refractivity contribution in [1.29, 1.82) is 0 Å². The molecule has 14 heavy (non-hydrogen) atoms. The molecule has 2 aromatic heterocycles. The van der Waals surface area contributed by atoms with Crippen molar-refractivity contribution in [2.75, 3.05) is 0 Å². The van der Waals surface area contributed by atoms with Crippen molar-refractivity contribution < 1.29 is 4.39 Å². The van der Waals surface area contributed by atoms with Crippen LogP contribution in [0.1, 0.15) is 11.3 Å². The van der Waals surface area contributed by atoms with Crippen LogP contribution in [0.2, 0.25) is 0 Å². The summed E-state index contributed by atoms with van der Waals surface area (Å²) in [7, 11) is 0. The van der Waals surface area contributed by atoms with E-state index in [0.717, 1.165) is 11.3 Å². The smallest absolute Gasteiger partial charge is 0.126 e. The largest absolute Gasteiger partial charge is 0.265 e. The highest BCUT2D eigenvalue weighted by atomic mass is 19.1. The number of halogens is 1. The fraction of sp³-hybridized carbons (Fsp3) is 0.0909. The predicted molar refractivity (Wildman–Crippen MR) is 51.2 cm³/mol. The lowest BCUT2D eigenvalue weighted by atomic mass is 10.1. The van der Waals surface area contributed by atoms with Gasteiger partial charge in [0.15, 0.2) is 0 Å². The zero-order valence-electron chi connectivity index (χ0n) is 7.52. The van der Waals surface area contributed by atoms with E-state index in [1.165, 1.54) is 18.3 Å². The van der Waals surface area contributed by atoms with Gasteiger partial charge in [0.25, 0.3) is 0 Å². The normalized spacial score (nSPS) is 10.1. The summed E-state index contributed by atoms with van der Waals surface area (Å²) < 4.78 is 12.8. The first-order valence-electron chi connectivity index (χ1n) is 4.34. The van der Waals surface area contributed by atoms with Gasteiger partial charge in [0.2, 0.25) is 0 Å². The molecule has 0 spiro atoms. The summed E-state index contributed by atoms with van der Waals surface area (Å²) >= 11 is 0. The van der Waals surface area contributed by atoms with E-state index in [1.807, 2.05) is 12.1 Å². The topological polar surface area (TPSA) is 25.8 Å². The lowest BCUT2D eigenvalue weighted by Gasteiger charge is -1.99. The van der Waals surface area contributed by atoms with E-state index in [0.29, 0.717) is 6.42 Å². The highest BCUT2D eigenvalue weighted by Gasteiger charge is 1.98. The summed E-state index contributed by atoms with van der Waals surface area (Å²) in [5, 5.41) is 0. The third-order valence-corrected chi connectivity index (χ3v) is 1.91. The molecule has 0 aromatic carbocycles. The maximum absolute atomic E-state index is 12.8.